The minimum Gasteiger partial charge on any atom is -0.497 e. The molecule has 0 aliphatic carbocycles. The lowest BCUT2D eigenvalue weighted by atomic mass is 10.2. The molecule has 0 aliphatic rings. The van der Waals surface area contributed by atoms with Crippen molar-refractivity contribution >= 4 is 31.6 Å². The van der Waals surface area contributed by atoms with Gasteiger partial charge < -0.3 is 18.9 Å². The topological polar surface area (TPSA) is 114 Å². The quantitative estimate of drug-likeness (QED) is 0.254. The van der Waals surface area contributed by atoms with Crippen LogP contribution >= 0.6 is 15.9 Å². The monoisotopic (exact) mass is 588 g/mol. The van der Waals surface area contributed by atoms with E-state index in [1.807, 2.05) is 24.3 Å². The van der Waals surface area contributed by atoms with Gasteiger partial charge in [-0.1, -0.05) is 15.9 Å². The summed E-state index contributed by atoms with van der Waals surface area (Å²) in [6.45, 7) is 0.687. The highest BCUT2D eigenvalue weighted by molar-refractivity contribution is 9.10. The maximum Gasteiger partial charge on any atom is 0.336 e. The van der Waals surface area contributed by atoms with Gasteiger partial charge in [-0.15, -0.1) is 5.10 Å². The Morgan fingerprint density at radius 2 is 1.65 bits per heavy atom. The Morgan fingerprint density at radius 1 is 0.919 bits per heavy atom. The van der Waals surface area contributed by atoms with Crippen LogP contribution in [-0.4, -0.2) is 57.7 Å². The lowest BCUT2D eigenvalue weighted by Crippen LogP contribution is -2.14. The fourth-order valence-electron chi connectivity index (χ4n) is 3.42. The molecule has 1 heterocycles. The van der Waals surface area contributed by atoms with Crippen LogP contribution in [0.25, 0.3) is 17.1 Å². The van der Waals surface area contributed by atoms with Crippen molar-refractivity contribution in [1.82, 2.24) is 14.8 Å². The second-order valence-electron chi connectivity index (χ2n) is 7.65. The highest BCUT2D eigenvalue weighted by atomic mass is 79.9. The smallest absolute Gasteiger partial charge is 0.336 e. The van der Waals surface area contributed by atoms with E-state index in [2.05, 4.69) is 30.7 Å². The molecule has 4 rings (SSSR count). The van der Waals surface area contributed by atoms with Gasteiger partial charge in [-0.25, -0.2) is 13.1 Å². The minimum absolute atomic E-state index is 0.0179. The van der Waals surface area contributed by atoms with Crippen LogP contribution in [0.1, 0.15) is 0 Å². The summed E-state index contributed by atoms with van der Waals surface area (Å²) in [5, 5.41) is 4.49. The SMILES string of the molecule is COCCOc1nc(-c2ccc(OC)cc2)n(-c2ccc(NS(=O)(=O)c3cc(Br)ccc3OC)cc2)n1. The van der Waals surface area contributed by atoms with Gasteiger partial charge in [0.1, 0.15) is 23.0 Å². The van der Waals surface area contributed by atoms with Crippen LogP contribution in [0.3, 0.4) is 0 Å². The van der Waals surface area contributed by atoms with E-state index < -0.39 is 10.0 Å². The Balaban J connectivity index is 1.64. The predicted molar refractivity (Wildman–Crippen MR) is 142 cm³/mol. The first kappa shape index (κ1) is 26.5. The maximum absolute atomic E-state index is 13.0. The van der Waals surface area contributed by atoms with Crippen LogP contribution in [0.2, 0.25) is 0 Å². The van der Waals surface area contributed by atoms with Crippen LogP contribution in [0.4, 0.5) is 5.69 Å². The van der Waals surface area contributed by atoms with E-state index in [0.717, 1.165) is 5.56 Å². The number of sulfonamides is 1. The van der Waals surface area contributed by atoms with Crippen LogP contribution < -0.4 is 18.9 Å². The number of rotatable bonds is 11. The van der Waals surface area contributed by atoms with Crippen molar-refractivity contribution in [3.05, 3.63) is 71.2 Å². The lowest BCUT2D eigenvalue weighted by Gasteiger charge is -2.13. The third-order valence-electron chi connectivity index (χ3n) is 5.23. The standard InChI is InChI=1S/C25H25BrN4O6S/c1-33-14-15-36-25-27-24(17-4-11-21(34-2)12-5-17)30(28-25)20-9-7-19(8-10-20)29-37(31,32)23-16-18(26)6-13-22(23)35-3/h4-13,16,29H,14-15H2,1-3H3. The van der Waals surface area contributed by atoms with E-state index in [1.165, 1.54) is 13.2 Å². The number of ether oxygens (including phenoxy) is 4. The van der Waals surface area contributed by atoms with Gasteiger partial charge in [0.15, 0.2) is 5.82 Å². The van der Waals surface area contributed by atoms with Crippen molar-refractivity contribution < 1.29 is 27.4 Å². The van der Waals surface area contributed by atoms with Crippen LogP contribution in [0, 0.1) is 0 Å². The Labute approximate surface area is 223 Å². The molecule has 0 fully saturated rings. The number of nitrogens with one attached hydrogen (secondary N) is 1. The molecule has 10 nitrogen and oxygen atoms in total. The van der Waals surface area contributed by atoms with E-state index in [0.29, 0.717) is 40.6 Å². The van der Waals surface area contributed by atoms with Crippen LogP contribution in [-0.2, 0) is 14.8 Å². The molecule has 0 spiro atoms. The van der Waals surface area contributed by atoms with Crippen molar-refractivity contribution in [3.63, 3.8) is 0 Å². The van der Waals surface area contributed by atoms with Gasteiger partial charge >= 0.3 is 6.01 Å². The van der Waals surface area contributed by atoms with Gasteiger partial charge in [0.2, 0.25) is 0 Å². The second kappa shape index (κ2) is 11.6. The summed E-state index contributed by atoms with van der Waals surface area (Å²) in [7, 11) is 0.696. The Morgan fingerprint density at radius 3 is 2.30 bits per heavy atom. The average Bonchev–Trinajstić information content (AvgIpc) is 3.33. The van der Waals surface area contributed by atoms with Crippen LogP contribution in [0.15, 0.2) is 76.1 Å². The first-order valence-electron chi connectivity index (χ1n) is 11.0. The average molecular weight is 589 g/mol. The molecular formula is C25H25BrN4O6S. The van der Waals surface area contributed by atoms with Gasteiger partial charge in [-0.05, 0) is 66.7 Å². The summed E-state index contributed by atoms with van der Waals surface area (Å²) in [4.78, 5) is 4.55. The van der Waals surface area contributed by atoms with Gasteiger partial charge in [0, 0.05) is 22.8 Å². The van der Waals surface area contributed by atoms with Crippen molar-refractivity contribution in [3.8, 4) is 34.6 Å². The molecule has 0 amide bonds. The van der Waals surface area contributed by atoms with Gasteiger partial charge in [0.05, 0.1) is 26.5 Å². The molecule has 3 aromatic carbocycles. The molecule has 37 heavy (non-hydrogen) atoms. The number of methoxy groups -OCH3 is 3. The molecule has 0 aliphatic heterocycles. The minimum atomic E-state index is -3.91. The fourth-order valence-corrected chi connectivity index (χ4v) is 5.19. The van der Waals surface area contributed by atoms with E-state index >= 15 is 0 Å². The number of hydrogen-bond acceptors (Lipinski definition) is 8. The highest BCUT2D eigenvalue weighted by Crippen LogP contribution is 2.30. The first-order chi connectivity index (χ1) is 17.8. The number of hydrogen-bond donors (Lipinski definition) is 1. The van der Waals surface area contributed by atoms with Crippen molar-refractivity contribution in [2.45, 2.75) is 4.90 Å². The summed E-state index contributed by atoms with van der Waals surface area (Å²) in [5.74, 6) is 1.49. The third kappa shape index (κ3) is 6.21. The Kier molecular flexibility index (Phi) is 8.31. The zero-order chi connectivity index (χ0) is 26.4. The van der Waals surface area contributed by atoms with E-state index in [-0.39, 0.29) is 16.7 Å². The molecule has 0 bridgehead atoms. The summed E-state index contributed by atoms with van der Waals surface area (Å²) < 4.78 is 52.0. The highest BCUT2D eigenvalue weighted by Gasteiger charge is 2.21. The number of aromatic nitrogens is 3. The molecule has 1 N–H and O–H groups in total. The molecule has 0 atom stereocenters. The normalized spacial score (nSPS) is 11.2. The number of halogens is 1. The summed E-state index contributed by atoms with van der Waals surface area (Å²) >= 11 is 3.31. The Hall–Kier alpha value is -3.61. The molecule has 12 heteroatoms. The lowest BCUT2D eigenvalue weighted by molar-refractivity contribution is 0.141. The second-order valence-corrected chi connectivity index (χ2v) is 10.2. The molecule has 0 radical (unpaired) electrons. The molecular weight excluding hydrogens is 564 g/mol. The largest absolute Gasteiger partial charge is 0.497 e. The van der Waals surface area contributed by atoms with E-state index in [1.54, 1.807) is 55.3 Å². The zero-order valence-corrected chi connectivity index (χ0v) is 22.7. The molecule has 0 saturated heterocycles. The molecule has 1 aromatic heterocycles. The molecule has 0 unspecified atom stereocenters. The molecule has 4 aromatic rings. The van der Waals surface area contributed by atoms with Crippen molar-refractivity contribution in [2.24, 2.45) is 0 Å². The van der Waals surface area contributed by atoms with Gasteiger partial charge in [-0.3, -0.25) is 4.72 Å². The van der Waals surface area contributed by atoms with E-state index in [9.17, 15) is 8.42 Å². The maximum atomic E-state index is 13.0. The van der Waals surface area contributed by atoms with Crippen LogP contribution in [0.5, 0.6) is 17.5 Å². The van der Waals surface area contributed by atoms with E-state index in [4.69, 9.17) is 18.9 Å². The third-order valence-corrected chi connectivity index (χ3v) is 7.13. The predicted octanol–water partition coefficient (Wildman–Crippen LogP) is 4.54. The number of anilines is 1. The fraction of sp³-hybridized carbons (Fsp3) is 0.200. The van der Waals surface area contributed by atoms with Gasteiger partial charge in [-0.2, -0.15) is 4.98 Å². The van der Waals surface area contributed by atoms with Crippen molar-refractivity contribution in [2.75, 3.05) is 39.3 Å². The first-order valence-corrected chi connectivity index (χ1v) is 13.3. The zero-order valence-electron chi connectivity index (χ0n) is 20.3. The van der Waals surface area contributed by atoms with Crippen molar-refractivity contribution in [1.29, 1.82) is 0 Å². The molecule has 0 saturated carbocycles. The summed E-state index contributed by atoms with van der Waals surface area (Å²) in [5.41, 5.74) is 1.82. The summed E-state index contributed by atoms with van der Waals surface area (Å²) in [6.07, 6.45) is 0. The molecule has 194 valence electrons. The number of nitrogens with zero attached hydrogens (tertiary/aromatic N) is 3. The van der Waals surface area contributed by atoms with Gasteiger partial charge in [0.25, 0.3) is 10.0 Å². The Bertz CT molecular complexity index is 1460. The number of benzene rings is 3. The summed E-state index contributed by atoms with van der Waals surface area (Å²) in [6, 6.07) is 19.1.